The fraction of sp³-hybridized carbons (Fsp3) is 0.179. The third kappa shape index (κ3) is 7.22. The molecule has 1 aromatic heterocycles. The minimum atomic E-state index is -3.98. The number of para-hydroxylation sites is 1. The van der Waals surface area contributed by atoms with Crippen LogP contribution in [0.4, 0.5) is 21.6 Å². The first-order valence-corrected chi connectivity index (χ1v) is 13.7. The van der Waals surface area contributed by atoms with Gasteiger partial charge in [0.05, 0.1) is 21.7 Å². The Bertz CT molecular complexity index is 1700. The molecule has 1 fully saturated rings. The van der Waals surface area contributed by atoms with Gasteiger partial charge < -0.3 is 14.9 Å². The van der Waals surface area contributed by atoms with Crippen LogP contribution in [0, 0.1) is 5.82 Å². The van der Waals surface area contributed by atoms with E-state index in [0.29, 0.717) is 48.8 Å². The van der Waals surface area contributed by atoms with Gasteiger partial charge >= 0.3 is 5.97 Å². The third-order valence-electron chi connectivity index (χ3n) is 6.65. The summed E-state index contributed by atoms with van der Waals surface area (Å²) in [7, 11) is -3.98. The van der Waals surface area contributed by atoms with Crippen LogP contribution >= 0.6 is 37.2 Å². The van der Waals surface area contributed by atoms with Crippen LogP contribution in [-0.2, 0) is 10.0 Å². The lowest BCUT2D eigenvalue weighted by Crippen LogP contribution is -2.47. The Kier molecular flexibility index (Phi) is 11.5. The van der Waals surface area contributed by atoms with Gasteiger partial charge in [0, 0.05) is 42.8 Å². The van der Waals surface area contributed by atoms with Gasteiger partial charge in [0.25, 0.3) is 10.0 Å². The van der Waals surface area contributed by atoms with Crippen molar-refractivity contribution in [2.75, 3.05) is 40.7 Å². The standard InChI is InChI=1S/C28H25FN4O5S.3ClH/c1-18(34)19-6-9-21(10-7-19)39(37,38)31-20-8-11-25-22(16-20)23(28(35)36)17-27(30-25)33-14-12-32(13-15-33)26-5-3-2-4-24(26)29;;;/h2-11,16-17,31H,12-15H2,1H3,(H,35,36);3*1H. The average molecular weight is 658 g/mol. The summed E-state index contributed by atoms with van der Waals surface area (Å²) in [6, 6.07) is 18.1. The molecule has 0 amide bonds. The molecule has 5 rings (SSSR count). The van der Waals surface area contributed by atoms with Crippen molar-refractivity contribution < 1.29 is 27.5 Å². The largest absolute Gasteiger partial charge is 0.478 e. The van der Waals surface area contributed by atoms with Gasteiger partial charge in [-0.2, -0.15) is 0 Å². The van der Waals surface area contributed by atoms with Crippen LogP contribution in [0.15, 0.2) is 77.7 Å². The molecule has 4 aromatic rings. The molecule has 0 radical (unpaired) electrons. The number of hydrogen-bond donors (Lipinski definition) is 2. The zero-order valence-corrected chi connectivity index (χ0v) is 25.5. The van der Waals surface area contributed by atoms with Crippen molar-refractivity contribution in [1.29, 1.82) is 0 Å². The molecule has 1 saturated heterocycles. The molecule has 3 aromatic carbocycles. The number of rotatable bonds is 7. The monoisotopic (exact) mass is 656 g/mol. The van der Waals surface area contributed by atoms with E-state index in [2.05, 4.69) is 9.71 Å². The van der Waals surface area contributed by atoms with E-state index >= 15 is 0 Å². The molecule has 1 aliphatic rings. The van der Waals surface area contributed by atoms with Crippen LogP contribution < -0.4 is 14.5 Å². The molecule has 9 nitrogen and oxygen atoms in total. The number of fused-ring (bicyclic) bond motifs is 1. The normalized spacial score (nSPS) is 12.9. The lowest BCUT2D eigenvalue weighted by molar-refractivity contribution is 0.0698. The molecule has 0 atom stereocenters. The number of carbonyl (C=O) groups is 2. The van der Waals surface area contributed by atoms with Gasteiger partial charge in [0.15, 0.2) is 5.78 Å². The summed E-state index contributed by atoms with van der Waals surface area (Å²) in [5.41, 5.74) is 1.48. The molecule has 0 bridgehead atoms. The highest BCUT2D eigenvalue weighted by Gasteiger charge is 2.23. The molecule has 1 aliphatic heterocycles. The SMILES string of the molecule is CC(=O)c1ccc(S(=O)(=O)Nc2ccc3nc(N4CCN(c5ccccc5F)CC4)cc(C(=O)O)c3c2)cc1.Cl.Cl.Cl. The van der Waals surface area contributed by atoms with Gasteiger partial charge in [0.1, 0.15) is 11.6 Å². The summed E-state index contributed by atoms with van der Waals surface area (Å²) in [5, 5.41) is 10.2. The Morgan fingerprint density at radius 2 is 1.50 bits per heavy atom. The number of piperazine rings is 1. The third-order valence-corrected chi connectivity index (χ3v) is 8.04. The van der Waals surface area contributed by atoms with Crippen molar-refractivity contribution >= 4 is 87.1 Å². The molecule has 14 heteroatoms. The quantitative estimate of drug-likeness (QED) is 0.244. The van der Waals surface area contributed by atoms with Crippen LogP contribution in [0.1, 0.15) is 27.6 Å². The number of hydrogen-bond acceptors (Lipinski definition) is 7. The predicted octanol–water partition coefficient (Wildman–Crippen LogP) is 5.67. The van der Waals surface area contributed by atoms with Gasteiger partial charge in [-0.3, -0.25) is 9.52 Å². The number of aromatic carboxylic acids is 1. The summed E-state index contributed by atoms with van der Waals surface area (Å²) in [5.74, 6) is -1.16. The Labute approximate surface area is 261 Å². The smallest absolute Gasteiger partial charge is 0.336 e. The molecule has 0 spiro atoms. The molecular formula is C28H28Cl3FN4O5S. The molecule has 224 valence electrons. The Hall–Kier alpha value is -3.64. The molecule has 2 heterocycles. The zero-order valence-electron chi connectivity index (χ0n) is 22.2. The number of pyridine rings is 1. The highest BCUT2D eigenvalue weighted by Crippen LogP contribution is 2.29. The average Bonchev–Trinajstić information content (AvgIpc) is 2.92. The maximum Gasteiger partial charge on any atom is 0.336 e. The number of anilines is 3. The summed E-state index contributed by atoms with van der Waals surface area (Å²) < 4.78 is 42.4. The number of Topliss-reactive ketones (excluding diaryl/α,β-unsaturated/α-hetero) is 1. The van der Waals surface area contributed by atoms with E-state index in [-0.39, 0.29) is 70.4 Å². The van der Waals surface area contributed by atoms with Crippen LogP contribution in [0.5, 0.6) is 0 Å². The van der Waals surface area contributed by atoms with Crippen LogP contribution in [0.2, 0.25) is 0 Å². The number of sulfonamides is 1. The first-order valence-electron chi connectivity index (χ1n) is 12.2. The number of carbonyl (C=O) groups excluding carboxylic acids is 1. The van der Waals surface area contributed by atoms with Crippen molar-refractivity contribution in [3.63, 3.8) is 0 Å². The fourth-order valence-electron chi connectivity index (χ4n) is 4.58. The summed E-state index contributed by atoms with van der Waals surface area (Å²) in [6.45, 7) is 3.51. The van der Waals surface area contributed by atoms with E-state index < -0.39 is 16.0 Å². The maximum absolute atomic E-state index is 14.2. The molecule has 0 aliphatic carbocycles. The van der Waals surface area contributed by atoms with Crippen LogP contribution in [0.3, 0.4) is 0 Å². The van der Waals surface area contributed by atoms with Crippen LogP contribution in [0.25, 0.3) is 10.9 Å². The van der Waals surface area contributed by atoms with Crippen molar-refractivity contribution in [3.8, 4) is 0 Å². The maximum atomic E-state index is 14.2. The number of ketones is 1. The van der Waals surface area contributed by atoms with E-state index in [4.69, 9.17) is 0 Å². The van der Waals surface area contributed by atoms with E-state index in [1.54, 1.807) is 24.3 Å². The summed E-state index contributed by atoms with van der Waals surface area (Å²) in [4.78, 5) is 32.1. The first-order chi connectivity index (χ1) is 18.6. The number of aromatic nitrogens is 1. The molecule has 0 saturated carbocycles. The Morgan fingerprint density at radius 3 is 2.10 bits per heavy atom. The van der Waals surface area contributed by atoms with Crippen LogP contribution in [-0.4, -0.2) is 56.4 Å². The number of benzene rings is 3. The molecule has 42 heavy (non-hydrogen) atoms. The van der Waals surface area contributed by atoms with E-state index in [9.17, 15) is 27.5 Å². The Morgan fingerprint density at radius 1 is 0.881 bits per heavy atom. The first kappa shape index (κ1) is 34.6. The highest BCUT2D eigenvalue weighted by molar-refractivity contribution is 7.92. The minimum absolute atomic E-state index is 0. The number of carboxylic acids is 1. The number of nitrogens with one attached hydrogen (secondary N) is 1. The van der Waals surface area contributed by atoms with Gasteiger partial charge in [-0.1, -0.05) is 24.3 Å². The second kappa shape index (κ2) is 14.0. The van der Waals surface area contributed by atoms with Crippen molar-refractivity contribution in [2.45, 2.75) is 11.8 Å². The minimum Gasteiger partial charge on any atom is -0.478 e. The number of carboxylic acid groups (broad SMARTS) is 1. The van der Waals surface area contributed by atoms with Crippen molar-refractivity contribution in [2.24, 2.45) is 0 Å². The van der Waals surface area contributed by atoms with E-state index in [0.717, 1.165) is 0 Å². The molecule has 2 N–H and O–H groups in total. The second-order valence-electron chi connectivity index (χ2n) is 9.18. The Balaban J connectivity index is 0.00000205. The van der Waals surface area contributed by atoms with Crippen molar-refractivity contribution in [3.05, 3.63) is 89.7 Å². The number of nitrogens with zero attached hydrogens (tertiary/aromatic N) is 3. The summed E-state index contributed by atoms with van der Waals surface area (Å²) in [6.07, 6.45) is 0. The lowest BCUT2D eigenvalue weighted by Gasteiger charge is -2.37. The number of halogens is 4. The summed E-state index contributed by atoms with van der Waals surface area (Å²) >= 11 is 0. The fourth-order valence-corrected chi connectivity index (χ4v) is 5.63. The topological polar surface area (TPSA) is 120 Å². The van der Waals surface area contributed by atoms with E-state index in [1.807, 2.05) is 9.80 Å². The highest BCUT2D eigenvalue weighted by atomic mass is 35.5. The zero-order chi connectivity index (χ0) is 27.7. The van der Waals surface area contributed by atoms with Gasteiger partial charge in [-0.05, 0) is 55.5 Å². The van der Waals surface area contributed by atoms with Gasteiger partial charge in [-0.15, -0.1) is 37.2 Å². The van der Waals surface area contributed by atoms with E-state index in [1.165, 1.54) is 55.5 Å². The van der Waals surface area contributed by atoms with Gasteiger partial charge in [-0.25, -0.2) is 22.6 Å². The van der Waals surface area contributed by atoms with Crippen molar-refractivity contribution in [1.82, 2.24) is 4.98 Å². The predicted molar refractivity (Wildman–Crippen MR) is 169 cm³/mol. The van der Waals surface area contributed by atoms with Gasteiger partial charge in [0.2, 0.25) is 0 Å². The second-order valence-corrected chi connectivity index (χ2v) is 10.9. The molecular weight excluding hydrogens is 630 g/mol. The molecule has 0 unspecified atom stereocenters. The lowest BCUT2D eigenvalue weighted by atomic mass is 10.1.